The van der Waals surface area contributed by atoms with Crippen LogP contribution in [-0.2, 0) is 16.6 Å². The molecule has 0 aliphatic heterocycles. The summed E-state index contributed by atoms with van der Waals surface area (Å²) in [5.74, 6) is -2.34. The lowest BCUT2D eigenvalue weighted by molar-refractivity contribution is -0.192. The summed E-state index contributed by atoms with van der Waals surface area (Å²) < 4.78 is 38.5. The second-order valence-corrected chi connectivity index (χ2v) is 6.92. The second kappa shape index (κ2) is 12.3. The maximum atomic E-state index is 12.3. The van der Waals surface area contributed by atoms with Gasteiger partial charge in [-0.25, -0.2) is 14.8 Å². The van der Waals surface area contributed by atoms with Crippen LogP contribution in [0.2, 0.25) is 0 Å². The molecule has 0 aliphatic rings. The first-order valence-corrected chi connectivity index (χ1v) is 10.00. The maximum absolute atomic E-state index is 12.3. The number of nitrogens with one attached hydrogen (secondary N) is 2. The summed E-state index contributed by atoms with van der Waals surface area (Å²) in [7, 11) is 3.49. The third kappa shape index (κ3) is 8.20. The van der Waals surface area contributed by atoms with Gasteiger partial charge in [0.1, 0.15) is 5.69 Å². The number of carbonyl (C=O) groups excluding carboxylic acids is 1. The minimum atomic E-state index is -5.08. The molecule has 3 N–H and O–H groups in total. The van der Waals surface area contributed by atoms with E-state index in [9.17, 15) is 18.0 Å². The molecule has 2 aromatic heterocycles. The molecule has 1 amide bonds. The van der Waals surface area contributed by atoms with Crippen LogP contribution in [0.1, 0.15) is 16.9 Å². The predicted molar refractivity (Wildman–Crippen MR) is 119 cm³/mol. The van der Waals surface area contributed by atoms with E-state index in [4.69, 9.17) is 14.6 Å². The van der Waals surface area contributed by atoms with Crippen LogP contribution in [0.4, 0.5) is 24.8 Å². The van der Waals surface area contributed by atoms with Crippen LogP contribution in [0, 0.1) is 0 Å². The number of anilines is 2. The van der Waals surface area contributed by atoms with Gasteiger partial charge in [-0.1, -0.05) is 18.2 Å². The summed E-state index contributed by atoms with van der Waals surface area (Å²) in [4.78, 5) is 29.9. The largest absolute Gasteiger partial charge is 0.490 e. The van der Waals surface area contributed by atoms with Crippen LogP contribution in [0.15, 0.2) is 55.0 Å². The van der Waals surface area contributed by atoms with Crippen LogP contribution in [0.3, 0.4) is 0 Å². The number of aryl methyl sites for hydroxylation is 1. The number of rotatable bonds is 8. The molecule has 2 heterocycles. The topological polar surface area (TPSA) is 118 Å². The van der Waals surface area contributed by atoms with Crippen molar-refractivity contribution >= 4 is 23.5 Å². The number of hydrogen-bond acceptors (Lipinski definition) is 6. The smallest absolute Gasteiger partial charge is 0.475 e. The molecule has 12 heteroatoms. The number of hydrogen-bond donors (Lipinski definition) is 3. The Hall–Kier alpha value is -3.93. The van der Waals surface area contributed by atoms with Crippen LogP contribution in [0.25, 0.3) is 11.1 Å². The van der Waals surface area contributed by atoms with Gasteiger partial charge in [-0.15, -0.1) is 0 Å². The number of nitrogens with zero attached hydrogens (tertiary/aromatic N) is 3. The summed E-state index contributed by atoms with van der Waals surface area (Å²) in [6.07, 6.45) is 1.08. The molecule has 0 saturated carbocycles. The molecule has 0 bridgehead atoms. The number of alkyl halides is 3. The molecule has 3 rings (SSSR count). The molecule has 0 fully saturated rings. The Morgan fingerprint density at radius 2 is 1.74 bits per heavy atom. The van der Waals surface area contributed by atoms with Crippen molar-refractivity contribution in [3.63, 3.8) is 0 Å². The fourth-order valence-electron chi connectivity index (χ4n) is 2.65. The Labute approximate surface area is 193 Å². The number of aromatic nitrogens is 3. The third-order valence-electron chi connectivity index (χ3n) is 4.31. The van der Waals surface area contributed by atoms with E-state index in [2.05, 4.69) is 20.6 Å². The average molecular weight is 479 g/mol. The quantitative estimate of drug-likeness (QED) is 0.422. The monoisotopic (exact) mass is 479 g/mol. The minimum absolute atomic E-state index is 0.108. The van der Waals surface area contributed by atoms with Crippen molar-refractivity contribution in [2.45, 2.75) is 12.6 Å². The standard InChI is InChI=1S/C20H23N5O2.C2HF3O2/c1-25-14-15(11-18(25)19(26)21-9-6-10-27-2)16-12-22-20(23-13-16)24-17-7-4-3-5-8-17;3-2(4,5)1(6)7/h3-5,7-8,11-14H,6,9-10H2,1-2H3,(H,21,26)(H,22,23,24);(H,6,7). The van der Waals surface area contributed by atoms with Gasteiger partial charge in [-0.2, -0.15) is 13.2 Å². The highest BCUT2D eigenvalue weighted by atomic mass is 19.4. The minimum Gasteiger partial charge on any atom is -0.475 e. The number of carboxylic acids is 1. The van der Waals surface area contributed by atoms with Crippen LogP contribution >= 0.6 is 0 Å². The highest BCUT2D eigenvalue weighted by molar-refractivity contribution is 5.94. The molecule has 1 aromatic carbocycles. The Balaban J connectivity index is 0.000000509. The van der Waals surface area contributed by atoms with Gasteiger partial charge >= 0.3 is 12.1 Å². The number of benzene rings is 1. The molecule has 0 unspecified atom stereocenters. The predicted octanol–water partition coefficient (Wildman–Crippen LogP) is 3.63. The van der Waals surface area contributed by atoms with Gasteiger partial charge in [-0.3, -0.25) is 4.79 Å². The molecule has 0 spiro atoms. The molecule has 0 aliphatic carbocycles. The molecule has 0 atom stereocenters. The van der Waals surface area contributed by atoms with E-state index in [0.29, 0.717) is 24.8 Å². The summed E-state index contributed by atoms with van der Waals surface area (Å²) >= 11 is 0. The van der Waals surface area contributed by atoms with Crippen LogP contribution < -0.4 is 10.6 Å². The zero-order chi connectivity index (χ0) is 25.1. The van der Waals surface area contributed by atoms with E-state index >= 15 is 0 Å². The lowest BCUT2D eigenvalue weighted by Crippen LogP contribution is -2.26. The van der Waals surface area contributed by atoms with E-state index < -0.39 is 12.1 Å². The number of aliphatic carboxylic acids is 1. The third-order valence-corrected chi connectivity index (χ3v) is 4.31. The van der Waals surface area contributed by atoms with Gasteiger partial charge in [0.2, 0.25) is 5.95 Å². The van der Waals surface area contributed by atoms with Crippen LogP contribution in [-0.4, -0.2) is 58.0 Å². The number of carbonyl (C=O) groups is 2. The van der Waals surface area contributed by atoms with Gasteiger partial charge in [0.25, 0.3) is 5.91 Å². The van der Waals surface area contributed by atoms with Crippen molar-refractivity contribution in [1.29, 1.82) is 0 Å². The lowest BCUT2D eigenvalue weighted by atomic mass is 10.2. The summed E-state index contributed by atoms with van der Waals surface area (Å²) in [6, 6.07) is 11.6. The fraction of sp³-hybridized carbons (Fsp3) is 0.273. The number of halogens is 3. The molecule has 0 radical (unpaired) electrons. The lowest BCUT2D eigenvalue weighted by Gasteiger charge is -2.05. The Bertz CT molecular complexity index is 1070. The van der Waals surface area contributed by atoms with E-state index in [-0.39, 0.29) is 5.91 Å². The highest BCUT2D eigenvalue weighted by Crippen LogP contribution is 2.22. The van der Waals surface area contributed by atoms with E-state index in [0.717, 1.165) is 23.2 Å². The van der Waals surface area contributed by atoms with Gasteiger partial charge in [0, 0.05) is 62.7 Å². The van der Waals surface area contributed by atoms with Gasteiger partial charge < -0.3 is 25.0 Å². The van der Waals surface area contributed by atoms with E-state index in [1.807, 2.05) is 49.6 Å². The van der Waals surface area contributed by atoms with Crippen molar-refractivity contribution in [3.05, 3.63) is 60.7 Å². The zero-order valence-corrected chi connectivity index (χ0v) is 18.5. The summed E-state index contributed by atoms with van der Waals surface area (Å²) in [5, 5.41) is 13.2. The van der Waals surface area contributed by atoms with Gasteiger partial charge in [0.05, 0.1) is 0 Å². The Morgan fingerprint density at radius 1 is 1.12 bits per heavy atom. The average Bonchev–Trinajstić information content (AvgIpc) is 3.19. The SMILES string of the molecule is COCCCNC(=O)c1cc(-c2cnc(Nc3ccccc3)nc2)cn1C.O=C(O)C(F)(F)F. The van der Waals surface area contributed by atoms with Crippen molar-refractivity contribution in [2.24, 2.45) is 7.05 Å². The molecular weight excluding hydrogens is 455 g/mol. The number of ether oxygens (including phenoxy) is 1. The normalized spacial score (nSPS) is 10.7. The molecule has 3 aromatic rings. The van der Waals surface area contributed by atoms with Gasteiger partial charge in [0.15, 0.2) is 0 Å². The number of para-hydroxylation sites is 1. The molecule has 0 saturated heterocycles. The molecule has 34 heavy (non-hydrogen) atoms. The Kier molecular flexibility index (Phi) is 9.56. The first-order chi connectivity index (χ1) is 16.1. The highest BCUT2D eigenvalue weighted by Gasteiger charge is 2.38. The first-order valence-electron chi connectivity index (χ1n) is 10.00. The summed E-state index contributed by atoms with van der Waals surface area (Å²) in [5.41, 5.74) is 3.26. The molecule has 9 nitrogen and oxygen atoms in total. The Morgan fingerprint density at radius 3 is 2.29 bits per heavy atom. The molecular formula is C22H24F3N5O4. The van der Waals surface area contributed by atoms with Gasteiger partial charge in [-0.05, 0) is 24.6 Å². The van der Waals surface area contributed by atoms with Crippen molar-refractivity contribution in [3.8, 4) is 11.1 Å². The summed E-state index contributed by atoms with van der Waals surface area (Å²) in [6.45, 7) is 1.20. The number of amides is 1. The van der Waals surface area contributed by atoms with Crippen molar-refractivity contribution in [2.75, 3.05) is 25.6 Å². The second-order valence-electron chi connectivity index (χ2n) is 6.92. The van der Waals surface area contributed by atoms with E-state index in [1.165, 1.54) is 0 Å². The maximum Gasteiger partial charge on any atom is 0.490 e. The van der Waals surface area contributed by atoms with Crippen LogP contribution in [0.5, 0.6) is 0 Å². The number of carboxylic acid groups (broad SMARTS) is 1. The fourth-order valence-corrected chi connectivity index (χ4v) is 2.65. The molecule has 182 valence electrons. The van der Waals surface area contributed by atoms with Crippen molar-refractivity contribution in [1.82, 2.24) is 19.9 Å². The zero-order valence-electron chi connectivity index (χ0n) is 18.5. The van der Waals surface area contributed by atoms with Crippen molar-refractivity contribution < 1.29 is 32.6 Å². The number of methoxy groups -OCH3 is 1. The first kappa shape index (κ1) is 26.3. The van der Waals surface area contributed by atoms with E-state index in [1.54, 1.807) is 24.1 Å².